The molecule has 2 rings (SSSR count). The minimum Gasteiger partial charge on any atom is -0.466 e. The first-order valence-corrected chi connectivity index (χ1v) is 7.47. The third-order valence-corrected chi connectivity index (χ3v) is 3.68. The van der Waals surface area contributed by atoms with Crippen molar-refractivity contribution in [3.63, 3.8) is 0 Å². The van der Waals surface area contributed by atoms with Gasteiger partial charge in [-0.05, 0) is 19.1 Å². The number of carbonyl (C=O) groups is 2. The van der Waals surface area contributed by atoms with Gasteiger partial charge in [0.25, 0.3) is 0 Å². The number of hydrogen-bond acceptors (Lipinski definition) is 4. The Morgan fingerprint density at radius 3 is 2.64 bits per heavy atom. The summed E-state index contributed by atoms with van der Waals surface area (Å²) in [5, 5.41) is 12.7. The van der Waals surface area contributed by atoms with Crippen LogP contribution in [0.25, 0.3) is 0 Å². The molecule has 2 heterocycles. The molecular formula is C15H23N3O4. The van der Waals surface area contributed by atoms with Crippen LogP contribution in [0.1, 0.15) is 18.4 Å². The molecule has 7 nitrogen and oxygen atoms in total. The van der Waals surface area contributed by atoms with Gasteiger partial charge in [0.15, 0.2) is 0 Å². The highest BCUT2D eigenvalue weighted by Gasteiger charge is 2.25. The minimum atomic E-state index is -0.718. The summed E-state index contributed by atoms with van der Waals surface area (Å²) in [6.45, 7) is 5.17. The SMILES string of the molecule is CC(=O)N1CCN(C(=O)NCCc2ccc(C)o2)CC(O)C1. The van der Waals surface area contributed by atoms with Crippen LogP contribution in [0.5, 0.6) is 0 Å². The third-order valence-electron chi connectivity index (χ3n) is 3.68. The lowest BCUT2D eigenvalue weighted by Crippen LogP contribution is -2.44. The Morgan fingerprint density at radius 1 is 1.32 bits per heavy atom. The highest BCUT2D eigenvalue weighted by Crippen LogP contribution is 2.07. The number of rotatable bonds is 3. The number of nitrogens with one attached hydrogen (secondary N) is 1. The predicted octanol–water partition coefficient (Wildman–Crippen LogP) is 0.365. The molecule has 1 aliphatic rings. The molecule has 0 spiro atoms. The van der Waals surface area contributed by atoms with Gasteiger partial charge in [0.1, 0.15) is 11.5 Å². The topological polar surface area (TPSA) is 86.0 Å². The van der Waals surface area contributed by atoms with E-state index in [4.69, 9.17) is 4.42 Å². The van der Waals surface area contributed by atoms with Crippen molar-refractivity contribution in [2.24, 2.45) is 0 Å². The lowest BCUT2D eigenvalue weighted by atomic mass is 10.3. The van der Waals surface area contributed by atoms with E-state index in [1.807, 2.05) is 19.1 Å². The fourth-order valence-electron chi connectivity index (χ4n) is 2.48. The van der Waals surface area contributed by atoms with Crippen LogP contribution in [-0.4, -0.2) is 65.7 Å². The van der Waals surface area contributed by atoms with E-state index >= 15 is 0 Å². The minimum absolute atomic E-state index is 0.0884. The standard InChI is InChI=1S/C15H23N3O4/c1-11-3-4-14(22-11)5-6-16-15(21)18-8-7-17(12(2)19)9-13(20)10-18/h3-4,13,20H,5-10H2,1-2H3,(H,16,21). The van der Waals surface area contributed by atoms with E-state index < -0.39 is 6.10 Å². The fourth-order valence-corrected chi connectivity index (χ4v) is 2.48. The Hall–Kier alpha value is -2.02. The second-order valence-corrected chi connectivity index (χ2v) is 5.56. The first-order chi connectivity index (χ1) is 10.5. The van der Waals surface area contributed by atoms with Crippen LogP contribution in [0.15, 0.2) is 16.5 Å². The number of carbonyl (C=O) groups excluding carboxylic acids is 2. The maximum Gasteiger partial charge on any atom is 0.317 e. The van der Waals surface area contributed by atoms with E-state index in [1.54, 1.807) is 9.80 Å². The molecule has 1 atom stereocenters. The molecule has 1 aromatic rings. The second kappa shape index (κ2) is 7.31. The van der Waals surface area contributed by atoms with E-state index in [0.29, 0.717) is 26.1 Å². The predicted molar refractivity (Wildman–Crippen MR) is 80.4 cm³/mol. The van der Waals surface area contributed by atoms with Crippen molar-refractivity contribution in [2.45, 2.75) is 26.4 Å². The molecule has 0 aromatic carbocycles. The van der Waals surface area contributed by atoms with E-state index in [2.05, 4.69) is 5.32 Å². The number of aliphatic hydroxyl groups is 1. The molecule has 0 aliphatic carbocycles. The van der Waals surface area contributed by atoms with Gasteiger partial charge in [-0.15, -0.1) is 0 Å². The molecule has 1 aromatic heterocycles. The van der Waals surface area contributed by atoms with Crippen molar-refractivity contribution in [3.05, 3.63) is 23.7 Å². The van der Waals surface area contributed by atoms with Gasteiger partial charge in [-0.2, -0.15) is 0 Å². The second-order valence-electron chi connectivity index (χ2n) is 5.56. The average Bonchev–Trinajstić information content (AvgIpc) is 2.75. The molecule has 0 saturated carbocycles. The molecule has 1 aliphatic heterocycles. The third kappa shape index (κ3) is 4.49. The van der Waals surface area contributed by atoms with Crippen LogP contribution in [0, 0.1) is 6.92 Å². The summed E-state index contributed by atoms with van der Waals surface area (Å²) in [6, 6.07) is 3.55. The maximum atomic E-state index is 12.1. The number of hydrogen-bond donors (Lipinski definition) is 2. The highest BCUT2D eigenvalue weighted by atomic mass is 16.3. The van der Waals surface area contributed by atoms with Crippen LogP contribution in [0.4, 0.5) is 4.79 Å². The van der Waals surface area contributed by atoms with Crippen molar-refractivity contribution in [1.82, 2.24) is 15.1 Å². The van der Waals surface area contributed by atoms with Crippen molar-refractivity contribution in [2.75, 3.05) is 32.7 Å². The summed E-state index contributed by atoms with van der Waals surface area (Å²) in [6.07, 6.45) is -0.0971. The lowest BCUT2D eigenvalue weighted by Gasteiger charge is -2.21. The zero-order chi connectivity index (χ0) is 16.1. The molecule has 0 radical (unpaired) electrons. The van der Waals surface area contributed by atoms with Gasteiger partial charge in [-0.3, -0.25) is 4.79 Å². The number of amides is 3. The number of nitrogens with zero attached hydrogens (tertiary/aromatic N) is 2. The van der Waals surface area contributed by atoms with Gasteiger partial charge >= 0.3 is 6.03 Å². The summed E-state index contributed by atoms with van der Waals surface area (Å²) >= 11 is 0. The van der Waals surface area contributed by atoms with Crippen LogP contribution in [0.3, 0.4) is 0 Å². The van der Waals surface area contributed by atoms with Crippen molar-refractivity contribution >= 4 is 11.9 Å². The monoisotopic (exact) mass is 309 g/mol. The van der Waals surface area contributed by atoms with Crippen molar-refractivity contribution in [3.8, 4) is 0 Å². The normalized spacial score (nSPS) is 19.0. The number of furan rings is 1. The molecule has 1 fully saturated rings. The first kappa shape index (κ1) is 16.4. The van der Waals surface area contributed by atoms with Gasteiger partial charge in [-0.25, -0.2) is 4.79 Å². The molecule has 1 unspecified atom stereocenters. The number of aryl methyl sites for hydroxylation is 1. The van der Waals surface area contributed by atoms with Gasteiger partial charge in [0, 0.05) is 39.5 Å². The van der Waals surface area contributed by atoms with Crippen LogP contribution < -0.4 is 5.32 Å². The smallest absolute Gasteiger partial charge is 0.317 e. The van der Waals surface area contributed by atoms with Gasteiger partial charge < -0.3 is 24.6 Å². The van der Waals surface area contributed by atoms with Crippen LogP contribution >= 0.6 is 0 Å². The number of β-amino-alcohol motifs (C(OH)–C–C–N with tert-alkyl or cyclic N) is 1. The van der Waals surface area contributed by atoms with Crippen LogP contribution in [-0.2, 0) is 11.2 Å². The van der Waals surface area contributed by atoms with E-state index in [0.717, 1.165) is 11.5 Å². The summed E-state index contributed by atoms with van der Waals surface area (Å²) < 4.78 is 5.44. The first-order valence-electron chi connectivity index (χ1n) is 7.47. The van der Waals surface area contributed by atoms with Crippen LogP contribution in [0.2, 0.25) is 0 Å². The van der Waals surface area contributed by atoms with Gasteiger partial charge in [0.2, 0.25) is 5.91 Å². The van der Waals surface area contributed by atoms with E-state index in [1.165, 1.54) is 6.92 Å². The highest BCUT2D eigenvalue weighted by molar-refractivity contribution is 5.75. The Balaban J connectivity index is 1.80. The summed E-state index contributed by atoms with van der Waals surface area (Å²) in [5.74, 6) is 1.59. The van der Waals surface area contributed by atoms with E-state index in [-0.39, 0.29) is 25.0 Å². The Bertz CT molecular complexity index is 529. The summed E-state index contributed by atoms with van der Waals surface area (Å²) in [4.78, 5) is 26.6. The maximum absolute atomic E-state index is 12.1. The Kier molecular flexibility index (Phi) is 5.43. The average molecular weight is 309 g/mol. The molecule has 122 valence electrons. The Morgan fingerprint density at radius 2 is 2.00 bits per heavy atom. The molecule has 0 bridgehead atoms. The largest absolute Gasteiger partial charge is 0.466 e. The van der Waals surface area contributed by atoms with Crippen molar-refractivity contribution < 1.29 is 19.1 Å². The molecule has 1 saturated heterocycles. The zero-order valence-corrected chi connectivity index (χ0v) is 13.0. The lowest BCUT2D eigenvalue weighted by molar-refractivity contribution is -0.129. The van der Waals surface area contributed by atoms with Crippen molar-refractivity contribution in [1.29, 1.82) is 0 Å². The van der Waals surface area contributed by atoms with Gasteiger partial charge in [0.05, 0.1) is 12.6 Å². The van der Waals surface area contributed by atoms with Gasteiger partial charge in [-0.1, -0.05) is 0 Å². The molecule has 2 N–H and O–H groups in total. The quantitative estimate of drug-likeness (QED) is 0.844. The summed E-state index contributed by atoms with van der Waals surface area (Å²) in [5.41, 5.74) is 0. The molecule has 7 heteroatoms. The summed E-state index contributed by atoms with van der Waals surface area (Å²) in [7, 11) is 0. The van der Waals surface area contributed by atoms with E-state index in [9.17, 15) is 14.7 Å². The molecular weight excluding hydrogens is 286 g/mol. The number of aliphatic hydroxyl groups excluding tert-OH is 1. The fraction of sp³-hybridized carbons (Fsp3) is 0.600. The zero-order valence-electron chi connectivity index (χ0n) is 13.0. The number of urea groups is 1. The Labute approximate surface area is 129 Å². The molecule has 22 heavy (non-hydrogen) atoms. The molecule has 3 amide bonds.